The summed E-state index contributed by atoms with van der Waals surface area (Å²) in [5.41, 5.74) is 7.28. The minimum absolute atomic E-state index is 0.249. The van der Waals surface area contributed by atoms with Crippen molar-refractivity contribution in [2.45, 2.75) is 51.5 Å². The molecular weight excluding hydrogens is 269 g/mol. The molecule has 0 radical (unpaired) electrons. The third-order valence-electron chi connectivity index (χ3n) is 4.18. The van der Waals surface area contributed by atoms with Crippen LogP contribution in [0.15, 0.2) is 12.1 Å². The van der Waals surface area contributed by atoms with E-state index in [1.807, 2.05) is 0 Å². The molecule has 1 saturated carbocycles. The molecule has 21 heavy (non-hydrogen) atoms. The van der Waals surface area contributed by atoms with Crippen molar-refractivity contribution in [2.24, 2.45) is 0 Å². The van der Waals surface area contributed by atoms with Gasteiger partial charge in [0.25, 0.3) is 0 Å². The SMILES string of the molecule is Cc1cc(N)cc(-c2nnnn2C2CCCCCC2)c1F. The van der Waals surface area contributed by atoms with Crippen LogP contribution in [0.5, 0.6) is 0 Å². The Bertz CT molecular complexity index is 629. The van der Waals surface area contributed by atoms with Crippen LogP contribution in [-0.2, 0) is 0 Å². The number of nitrogens with two attached hydrogens (primary N) is 1. The van der Waals surface area contributed by atoms with E-state index in [2.05, 4.69) is 15.5 Å². The number of rotatable bonds is 2. The Balaban J connectivity index is 2.02. The number of aryl methyl sites for hydroxylation is 1. The molecule has 1 fully saturated rings. The number of nitrogens with zero attached hydrogens (tertiary/aromatic N) is 4. The van der Waals surface area contributed by atoms with Crippen molar-refractivity contribution in [1.29, 1.82) is 0 Å². The number of aromatic nitrogens is 4. The lowest BCUT2D eigenvalue weighted by molar-refractivity contribution is 0.399. The van der Waals surface area contributed by atoms with Crippen molar-refractivity contribution in [1.82, 2.24) is 20.2 Å². The Morgan fingerprint density at radius 1 is 1.19 bits per heavy atom. The molecule has 1 aromatic carbocycles. The largest absolute Gasteiger partial charge is 0.399 e. The highest BCUT2D eigenvalue weighted by atomic mass is 19.1. The van der Waals surface area contributed by atoms with Crippen LogP contribution in [0.4, 0.5) is 10.1 Å². The smallest absolute Gasteiger partial charge is 0.185 e. The zero-order valence-electron chi connectivity index (χ0n) is 12.2. The van der Waals surface area contributed by atoms with Crippen LogP contribution in [0.3, 0.4) is 0 Å². The van der Waals surface area contributed by atoms with Crippen LogP contribution in [0, 0.1) is 12.7 Å². The minimum atomic E-state index is -0.297. The molecule has 5 nitrogen and oxygen atoms in total. The van der Waals surface area contributed by atoms with E-state index in [-0.39, 0.29) is 11.9 Å². The molecule has 112 valence electrons. The lowest BCUT2D eigenvalue weighted by Gasteiger charge is -2.16. The van der Waals surface area contributed by atoms with Gasteiger partial charge >= 0.3 is 0 Å². The van der Waals surface area contributed by atoms with Crippen molar-refractivity contribution in [3.05, 3.63) is 23.5 Å². The summed E-state index contributed by atoms with van der Waals surface area (Å²) in [6, 6.07) is 3.48. The van der Waals surface area contributed by atoms with Crippen LogP contribution in [0.25, 0.3) is 11.4 Å². The average Bonchev–Trinajstić information content (AvgIpc) is 2.78. The number of nitrogen functional groups attached to an aromatic ring is 1. The summed E-state index contributed by atoms with van der Waals surface area (Å²) in [5.74, 6) is 0.184. The lowest BCUT2D eigenvalue weighted by atomic mass is 10.1. The van der Waals surface area contributed by atoms with Gasteiger partial charge in [0.2, 0.25) is 0 Å². The fourth-order valence-electron chi connectivity index (χ4n) is 3.08. The maximum absolute atomic E-state index is 14.4. The highest BCUT2D eigenvalue weighted by Gasteiger charge is 2.22. The summed E-state index contributed by atoms with van der Waals surface area (Å²) in [7, 11) is 0. The molecule has 1 aromatic heterocycles. The summed E-state index contributed by atoms with van der Waals surface area (Å²) >= 11 is 0. The molecule has 0 spiro atoms. The predicted octanol–water partition coefficient (Wildman–Crippen LogP) is 3.27. The Kier molecular flexibility index (Phi) is 3.86. The van der Waals surface area contributed by atoms with Gasteiger partial charge in [0.1, 0.15) is 5.82 Å². The summed E-state index contributed by atoms with van der Waals surface area (Å²) in [5, 5.41) is 11.9. The number of benzene rings is 1. The van der Waals surface area contributed by atoms with Gasteiger partial charge in [-0.1, -0.05) is 25.7 Å². The van der Waals surface area contributed by atoms with Gasteiger partial charge in [-0.05, 0) is 47.9 Å². The van der Waals surface area contributed by atoms with E-state index in [4.69, 9.17) is 5.73 Å². The first-order valence-electron chi connectivity index (χ1n) is 7.50. The monoisotopic (exact) mass is 289 g/mol. The second-order valence-corrected chi connectivity index (χ2v) is 5.79. The molecule has 0 amide bonds. The second-order valence-electron chi connectivity index (χ2n) is 5.79. The van der Waals surface area contributed by atoms with Crippen LogP contribution in [-0.4, -0.2) is 20.2 Å². The molecular formula is C15H20FN5. The predicted molar refractivity (Wildman–Crippen MR) is 79.1 cm³/mol. The zero-order chi connectivity index (χ0) is 14.8. The lowest BCUT2D eigenvalue weighted by Crippen LogP contribution is -2.12. The number of anilines is 1. The van der Waals surface area contributed by atoms with E-state index < -0.39 is 0 Å². The summed E-state index contributed by atoms with van der Waals surface area (Å²) in [6.07, 6.45) is 6.92. The average molecular weight is 289 g/mol. The first-order valence-corrected chi connectivity index (χ1v) is 7.50. The van der Waals surface area contributed by atoms with Gasteiger partial charge in [0.05, 0.1) is 11.6 Å². The van der Waals surface area contributed by atoms with Gasteiger partial charge in [-0.25, -0.2) is 9.07 Å². The van der Waals surface area contributed by atoms with E-state index in [9.17, 15) is 4.39 Å². The van der Waals surface area contributed by atoms with E-state index in [1.165, 1.54) is 25.7 Å². The maximum Gasteiger partial charge on any atom is 0.185 e. The van der Waals surface area contributed by atoms with Gasteiger partial charge in [-0.15, -0.1) is 5.10 Å². The van der Waals surface area contributed by atoms with Crippen molar-refractivity contribution in [2.75, 3.05) is 5.73 Å². The molecule has 0 atom stereocenters. The van der Waals surface area contributed by atoms with E-state index in [1.54, 1.807) is 23.7 Å². The Hall–Kier alpha value is -1.98. The standard InChI is InChI=1S/C15H20FN5/c1-10-8-11(17)9-13(14(10)16)15-18-19-20-21(15)12-6-4-2-3-5-7-12/h8-9,12H,2-7,17H2,1H3. The molecule has 1 aliphatic rings. The molecule has 3 rings (SSSR count). The van der Waals surface area contributed by atoms with Gasteiger partial charge in [-0.2, -0.15) is 0 Å². The maximum atomic E-state index is 14.4. The molecule has 2 N–H and O–H groups in total. The molecule has 6 heteroatoms. The van der Waals surface area contributed by atoms with Gasteiger partial charge in [-0.3, -0.25) is 0 Å². The number of hydrogen-bond acceptors (Lipinski definition) is 4. The van der Waals surface area contributed by atoms with Gasteiger partial charge in [0, 0.05) is 5.69 Å². The van der Waals surface area contributed by atoms with Crippen LogP contribution < -0.4 is 5.73 Å². The van der Waals surface area contributed by atoms with E-state index >= 15 is 0 Å². The van der Waals surface area contributed by atoms with Crippen molar-refractivity contribution in [3.63, 3.8) is 0 Å². The minimum Gasteiger partial charge on any atom is -0.399 e. The topological polar surface area (TPSA) is 69.6 Å². The highest BCUT2D eigenvalue weighted by Crippen LogP contribution is 2.32. The summed E-state index contributed by atoms with van der Waals surface area (Å²) in [4.78, 5) is 0. The third-order valence-corrected chi connectivity index (χ3v) is 4.18. The molecule has 2 aromatic rings. The fraction of sp³-hybridized carbons (Fsp3) is 0.533. The van der Waals surface area contributed by atoms with Gasteiger partial charge in [0.15, 0.2) is 5.82 Å². The number of tetrazole rings is 1. The van der Waals surface area contributed by atoms with Crippen LogP contribution >= 0.6 is 0 Å². The Morgan fingerprint density at radius 3 is 2.62 bits per heavy atom. The number of halogens is 1. The first kappa shape index (κ1) is 14.0. The number of hydrogen-bond donors (Lipinski definition) is 1. The quantitative estimate of drug-likeness (QED) is 0.680. The third kappa shape index (κ3) is 2.75. The van der Waals surface area contributed by atoms with Crippen molar-refractivity contribution in [3.8, 4) is 11.4 Å². The van der Waals surface area contributed by atoms with Crippen molar-refractivity contribution >= 4 is 5.69 Å². The van der Waals surface area contributed by atoms with E-state index in [0.29, 0.717) is 22.6 Å². The van der Waals surface area contributed by atoms with Crippen LogP contribution in [0.2, 0.25) is 0 Å². The van der Waals surface area contributed by atoms with Crippen LogP contribution in [0.1, 0.15) is 50.1 Å². The zero-order valence-corrected chi connectivity index (χ0v) is 12.2. The van der Waals surface area contributed by atoms with Crippen molar-refractivity contribution < 1.29 is 4.39 Å². The molecule has 0 saturated heterocycles. The summed E-state index contributed by atoms with van der Waals surface area (Å²) in [6.45, 7) is 1.70. The van der Waals surface area contributed by atoms with Gasteiger partial charge < -0.3 is 5.73 Å². The Labute approximate surface area is 123 Å². The fourth-order valence-corrected chi connectivity index (χ4v) is 3.08. The molecule has 1 heterocycles. The molecule has 0 bridgehead atoms. The second kappa shape index (κ2) is 5.79. The molecule has 0 aliphatic heterocycles. The van der Waals surface area contributed by atoms with E-state index in [0.717, 1.165) is 12.8 Å². The summed E-state index contributed by atoms with van der Waals surface area (Å²) < 4.78 is 16.2. The highest BCUT2D eigenvalue weighted by molar-refractivity contribution is 5.63. The Morgan fingerprint density at radius 2 is 1.90 bits per heavy atom. The molecule has 0 unspecified atom stereocenters. The normalized spacial score (nSPS) is 16.9. The molecule has 1 aliphatic carbocycles. The first-order chi connectivity index (χ1) is 10.2.